The van der Waals surface area contributed by atoms with Crippen LogP contribution >= 0.6 is 15.9 Å². The molecule has 0 saturated heterocycles. The molecule has 0 bridgehead atoms. The van der Waals surface area contributed by atoms with Crippen LogP contribution in [0.5, 0.6) is 5.75 Å². The molecule has 0 aliphatic heterocycles. The predicted molar refractivity (Wildman–Crippen MR) is 74.9 cm³/mol. The van der Waals surface area contributed by atoms with Crippen molar-refractivity contribution in [2.24, 2.45) is 5.92 Å². The minimum absolute atomic E-state index is 0.765. The fourth-order valence-electron chi connectivity index (χ4n) is 2.17. The summed E-state index contributed by atoms with van der Waals surface area (Å²) in [5, 5.41) is 0. The molecule has 1 aromatic carbocycles. The van der Waals surface area contributed by atoms with Crippen LogP contribution in [0, 0.1) is 5.92 Å². The van der Waals surface area contributed by atoms with E-state index in [1.165, 1.54) is 19.4 Å². The van der Waals surface area contributed by atoms with Gasteiger partial charge in [0.15, 0.2) is 0 Å². The molecule has 2 nitrogen and oxygen atoms in total. The molecule has 0 heterocycles. The molecule has 94 valence electrons. The van der Waals surface area contributed by atoms with Gasteiger partial charge in [0.2, 0.25) is 0 Å². The minimum Gasteiger partial charge on any atom is -0.492 e. The number of halogens is 1. The van der Waals surface area contributed by atoms with E-state index in [9.17, 15) is 0 Å². The first-order valence-electron chi connectivity index (χ1n) is 6.24. The summed E-state index contributed by atoms with van der Waals surface area (Å²) in [6.07, 6.45) is 2.65. The van der Waals surface area contributed by atoms with E-state index in [0.717, 1.165) is 29.6 Å². The van der Waals surface area contributed by atoms with E-state index < -0.39 is 0 Å². The Bertz CT molecular complexity index is 324. The van der Waals surface area contributed by atoms with E-state index in [1.54, 1.807) is 0 Å². The van der Waals surface area contributed by atoms with Crippen LogP contribution in [-0.4, -0.2) is 36.5 Å². The lowest BCUT2D eigenvalue weighted by molar-refractivity contribution is 0.182. The van der Waals surface area contributed by atoms with Crippen LogP contribution < -0.4 is 4.74 Å². The third-order valence-electron chi connectivity index (χ3n) is 3.23. The molecule has 0 radical (unpaired) electrons. The zero-order valence-electron chi connectivity index (χ0n) is 10.3. The molecule has 0 aromatic heterocycles. The SMILES string of the molecule is CN(CCOc1ccccc1)CC1CC(Br)C1. The van der Waals surface area contributed by atoms with Crippen molar-refractivity contribution >= 4 is 15.9 Å². The normalized spacial score (nSPS) is 23.5. The predicted octanol–water partition coefficient (Wildman–Crippen LogP) is 3.17. The number of hydrogen-bond donors (Lipinski definition) is 0. The second kappa shape index (κ2) is 6.41. The van der Waals surface area contributed by atoms with Crippen LogP contribution in [0.15, 0.2) is 30.3 Å². The Morgan fingerprint density at radius 1 is 1.29 bits per heavy atom. The fraction of sp³-hybridized carbons (Fsp3) is 0.571. The molecule has 0 unspecified atom stereocenters. The number of ether oxygens (including phenoxy) is 1. The maximum atomic E-state index is 5.68. The molecule has 1 aliphatic rings. The Balaban J connectivity index is 1.58. The second-order valence-corrected chi connectivity index (χ2v) is 6.15. The molecule has 0 N–H and O–H groups in total. The van der Waals surface area contributed by atoms with Gasteiger partial charge in [0.1, 0.15) is 12.4 Å². The number of nitrogens with zero attached hydrogens (tertiary/aromatic N) is 1. The van der Waals surface area contributed by atoms with Crippen LogP contribution in [0.1, 0.15) is 12.8 Å². The van der Waals surface area contributed by atoms with Gasteiger partial charge in [-0.2, -0.15) is 0 Å². The maximum absolute atomic E-state index is 5.68. The third kappa shape index (κ3) is 4.32. The first-order valence-corrected chi connectivity index (χ1v) is 7.16. The molecule has 3 heteroatoms. The number of benzene rings is 1. The summed E-state index contributed by atoms with van der Waals surface area (Å²) >= 11 is 3.63. The Kier molecular flexibility index (Phi) is 4.86. The molecular weight excluding hydrogens is 278 g/mol. The lowest BCUT2D eigenvalue weighted by Crippen LogP contribution is -2.36. The van der Waals surface area contributed by atoms with Crippen molar-refractivity contribution in [3.8, 4) is 5.75 Å². The van der Waals surface area contributed by atoms with Crippen molar-refractivity contribution < 1.29 is 4.74 Å². The highest BCUT2D eigenvalue weighted by Crippen LogP contribution is 2.33. The number of hydrogen-bond acceptors (Lipinski definition) is 2. The molecule has 1 fully saturated rings. The van der Waals surface area contributed by atoms with E-state index in [0.29, 0.717) is 0 Å². The van der Waals surface area contributed by atoms with Crippen molar-refractivity contribution in [2.45, 2.75) is 17.7 Å². The first kappa shape index (κ1) is 12.9. The van der Waals surface area contributed by atoms with Crippen molar-refractivity contribution in [3.05, 3.63) is 30.3 Å². The van der Waals surface area contributed by atoms with Gasteiger partial charge in [0.25, 0.3) is 0 Å². The largest absolute Gasteiger partial charge is 0.492 e. The molecule has 2 rings (SSSR count). The molecule has 1 aliphatic carbocycles. The lowest BCUT2D eigenvalue weighted by Gasteiger charge is -2.34. The average Bonchev–Trinajstić information content (AvgIpc) is 2.28. The van der Waals surface area contributed by atoms with E-state index >= 15 is 0 Å². The highest BCUT2D eigenvalue weighted by Gasteiger charge is 2.27. The van der Waals surface area contributed by atoms with Gasteiger partial charge in [-0.1, -0.05) is 34.1 Å². The van der Waals surface area contributed by atoms with Gasteiger partial charge >= 0.3 is 0 Å². The summed E-state index contributed by atoms with van der Waals surface area (Å²) in [6, 6.07) is 10.0. The standard InChI is InChI=1S/C14H20BrNO/c1-16(11-12-9-13(15)10-12)7-8-17-14-5-3-2-4-6-14/h2-6,12-13H,7-11H2,1H3. The highest BCUT2D eigenvalue weighted by atomic mass is 79.9. The monoisotopic (exact) mass is 297 g/mol. The summed E-state index contributed by atoms with van der Waals surface area (Å²) < 4.78 is 5.68. The number of para-hydroxylation sites is 1. The minimum atomic E-state index is 0.765. The topological polar surface area (TPSA) is 12.5 Å². The fourth-order valence-corrected chi connectivity index (χ4v) is 3.23. The van der Waals surface area contributed by atoms with Gasteiger partial charge in [-0.05, 0) is 37.9 Å². The van der Waals surface area contributed by atoms with E-state index in [4.69, 9.17) is 4.74 Å². The van der Waals surface area contributed by atoms with Gasteiger partial charge < -0.3 is 9.64 Å². The van der Waals surface area contributed by atoms with Crippen LogP contribution in [0.3, 0.4) is 0 Å². The summed E-state index contributed by atoms with van der Waals surface area (Å²) in [5.41, 5.74) is 0. The van der Waals surface area contributed by atoms with Crippen LogP contribution in [0.4, 0.5) is 0 Å². The van der Waals surface area contributed by atoms with Gasteiger partial charge in [0, 0.05) is 17.9 Å². The van der Waals surface area contributed by atoms with Crippen molar-refractivity contribution in [1.29, 1.82) is 0 Å². The second-order valence-electron chi connectivity index (χ2n) is 4.86. The van der Waals surface area contributed by atoms with Gasteiger partial charge in [-0.15, -0.1) is 0 Å². The van der Waals surface area contributed by atoms with Gasteiger partial charge in [-0.25, -0.2) is 0 Å². The maximum Gasteiger partial charge on any atom is 0.119 e. The summed E-state index contributed by atoms with van der Waals surface area (Å²) in [5.74, 6) is 1.84. The third-order valence-corrected chi connectivity index (χ3v) is 3.98. The number of alkyl halides is 1. The Labute approximate surface area is 112 Å². The van der Waals surface area contributed by atoms with Crippen molar-refractivity contribution in [1.82, 2.24) is 4.90 Å². The molecule has 1 aromatic rings. The molecule has 17 heavy (non-hydrogen) atoms. The Hall–Kier alpha value is -0.540. The van der Waals surface area contributed by atoms with Crippen LogP contribution in [0.25, 0.3) is 0 Å². The quantitative estimate of drug-likeness (QED) is 0.748. The average molecular weight is 298 g/mol. The number of likely N-dealkylation sites (N-methyl/N-ethyl adjacent to an activating group) is 1. The highest BCUT2D eigenvalue weighted by molar-refractivity contribution is 9.09. The van der Waals surface area contributed by atoms with E-state index in [2.05, 4.69) is 27.9 Å². The van der Waals surface area contributed by atoms with Gasteiger partial charge in [-0.3, -0.25) is 0 Å². The number of rotatable bonds is 6. The summed E-state index contributed by atoms with van der Waals surface area (Å²) in [6.45, 7) is 2.96. The van der Waals surface area contributed by atoms with Gasteiger partial charge in [0.05, 0.1) is 0 Å². The molecule has 1 saturated carbocycles. The van der Waals surface area contributed by atoms with E-state index in [-0.39, 0.29) is 0 Å². The molecular formula is C14H20BrNO. The zero-order valence-corrected chi connectivity index (χ0v) is 11.9. The first-order chi connectivity index (χ1) is 8.24. The Morgan fingerprint density at radius 2 is 2.00 bits per heavy atom. The van der Waals surface area contributed by atoms with E-state index in [1.807, 2.05) is 30.3 Å². The Morgan fingerprint density at radius 3 is 2.65 bits per heavy atom. The van der Waals surface area contributed by atoms with Crippen LogP contribution in [-0.2, 0) is 0 Å². The van der Waals surface area contributed by atoms with Crippen LogP contribution in [0.2, 0.25) is 0 Å². The zero-order chi connectivity index (χ0) is 12.1. The molecule has 0 amide bonds. The molecule has 0 atom stereocenters. The smallest absolute Gasteiger partial charge is 0.119 e. The van der Waals surface area contributed by atoms with Crippen molar-refractivity contribution in [3.63, 3.8) is 0 Å². The summed E-state index contributed by atoms with van der Waals surface area (Å²) in [4.78, 5) is 3.13. The summed E-state index contributed by atoms with van der Waals surface area (Å²) in [7, 11) is 2.18. The molecule has 0 spiro atoms. The van der Waals surface area contributed by atoms with Crippen molar-refractivity contribution in [2.75, 3.05) is 26.7 Å². The lowest BCUT2D eigenvalue weighted by atomic mass is 9.85.